The van der Waals surface area contributed by atoms with Crippen molar-refractivity contribution in [3.63, 3.8) is 0 Å². The first-order chi connectivity index (χ1) is 17.3. The molecular weight excluding hydrogens is 525 g/mol. The van der Waals surface area contributed by atoms with Crippen molar-refractivity contribution in [3.05, 3.63) is 0 Å². The maximum absolute atomic E-state index is 13.7. The SMILES string of the molecule is O=C1OC2C(OC(=O)C34CC5CC(CC(C5)C3)C4)C3OC2C1C3C(=O)OCCC(F)C(F)(F)S(=O)(=O)[O-]. The highest BCUT2D eigenvalue weighted by atomic mass is 32.2. The highest BCUT2D eigenvalue weighted by Gasteiger charge is 2.72. The first-order valence-corrected chi connectivity index (χ1v) is 13.9. The zero-order valence-electron chi connectivity index (χ0n) is 19.6. The molecule has 4 aliphatic carbocycles. The lowest BCUT2D eigenvalue weighted by Crippen LogP contribution is -2.54. The van der Waals surface area contributed by atoms with Gasteiger partial charge in [-0.05, 0) is 56.3 Å². The van der Waals surface area contributed by atoms with Crippen LogP contribution in [0.3, 0.4) is 0 Å². The summed E-state index contributed by atoms with van der Waals surface area (Å²) in [6, 6.07) is 0. The summed E-state index contributed by atoms with van der Waals surface area (Å²) in [6.45, 7) is -0.970. The third-order valence-corrected chi connectivity index (χ3v) is 10.1. The fraction of sp³-hybridized carbons (Fsp3) is 0.870. The maximum atomic E-state index is 13.7. The number of carbonyl (C=O) groups is 3. The summed E-state index contributed by atoms with van der Waals surface area (Å²) < 4.78 is 94.0. The fourth-order valence-corrected chi connectivity index (χ4v) is 8.46. The summed E-state index contributed by atoms with van der Waals surface area (Å²) in [6.07, 6.45) is -2.92. The quantitative estimate of drug-likeness (QED) is 0.247. The highest BCUT2D eigenvalue weighted by Crippen LogP contribution is 2.61. The molecule has 7 unspecified atom stereocenters. The van der Waals surface area contributed by atoms with Crippen LogP contribution < -0.4 is 0 Å². The molecule has 7 rings (SSSR count). The van der Waals surface area contributed by atoms with Gasteiger partial charge in [-0.1, -0.05) is 0 Å². The van der Waals surface area contributed by atoms with Crippen molar-refractivity contribution in [2.45, 2.75) is 80.8 Å². The summed E-state index contributed by atoms with van der Waals surface area (Å²) in [5, 5.41) is -5.19. The van der Waals surface area contributed by atoms with Crippen LogP contribution in [0.4, 0.5) is 13.2 Å². The fourth-order valence-electron chi connectivity index (χ4n) is 8.03. The molecule has 7 fully saturated rings. The summed E-state index contributed by atoms with van der Waals surface area (Å²) >= 11 is 0. The van der Waals surface area contributed by atoms with Gasteiger partial charge in [-0.2, -0.15) is 8.78 Å². The molecule has 3 heterocycles. The minimum Gasteiger partial charge on any atom is -0.743 e. The van der Waals surface area contributed by atoms with E-state index in [0.29, 0.717) is 17.8 Å². The molecule has 0 aromatic rings. The van der Waals surface area contributed by atoms with Gasteiger partial charge in [0.25, 0.3) is 0 Å². The first-order valence-electron chi connectivity index (χ1n) is 12.5. The Morgan fingerprint density at radius 2 is 1.68 bits per heavy atom. The molecule has 6 bridgehead atoms. The van der Waals surface area contributed by atoms with Crippen LogP contribution in [-0.2, 0) is 43.4 Å². The van der Waals surface area contributed by atoms with Gasteiger partial charge in [0.05, 0.1) is 12.0 Å². The van der Waals surface area contributed by atoms with Crippen LogP contribution in [0.25, 0.3) is 0 Å². The number of carbonyl (C=O) groups excluding carboxylic acids is 3. The molecule has 0 spiro atoms. The number of rotatable bonds is 8. The summed E-state index contributed by atoms with van der Waals surface area (Å²) in [5.41, 5.74) is -0.599. The Bertz CT molecular complexity index is 1090. The molecule has 0 N–H and O–H groups in total. The van der Waals surface area contributed by atoms with Crippen molar-refractivity contribution in [1.82, 2.24) is 0 Å². The van der Waals surface area contributed by atoms with Crippen LogP contribution in [0.2, 0.25) is 0 Å². The molecule has 206 valence electrons. The minimum absolute atomic E-state index is 0.388. The predicted molar refractivity (Wildman–Crippen MR) is 111 cm³/mol. The molecule has 0 amide bonds. The van der Waals surface area contributed by atoms with Crippen molar-refractivity contribution in [2.75, 3.05) is 6.61 Å². The van der Waals surface area contributed by atoms with Crippen LogP contribution in [0, 0.1) is 35.0 Å². The minimum atomic E-state index is -6.25. The van der Waals surface area contributed by atoms with Gasteiger partial charge in [0.1, 0.15) is 24.0 Å². The van der Waals surface area contributed by atoms with Gasteiger partial charge >= 0.3 is 23.2 Å². The second kappa shape index (κ2) is 8.28. The lowest BCUT2D eigenvalue weighted by molar-refractivity contribution is -0.186. The standard InChI is InChI=1S/C23H27F3O10S/c24-12(23(25,26)37(30,31)32)1-2-33-19(27)13-14-16-17(35-20(14)28)18(15(13)34-16)36-21(29)22-6-9-3-10(7-22)5-11(4-9)8-22/h9-18H,1-8H2,(H,30,31,32)/p-1. The molecule has 0 aromatic carbocycles. The van der Waals surface area contributed by atoms with Crippen molar-refractivity contribution in [3.8, 4) is 0 Å². The van der Waals surface area contributed by atoms with E-state index in [1.807, 2.05) is 0 Å². The van der Waals surface area contributed by atoms with Gasteiger partial charge in [-0.25, -0.2) is 12.8 Å². The lowest BCUT2D eigenvalue weighted by Gasteiger charge is -2.55. The van der Waals surface area contributed by atoms with E-state index in [2.05, 4.69) is 0 Å². The van der Waals surface area contributed by atoms with Gasteiger partial charge in [0.15, 0.2) is 28.5 Å². The lowest BCUT2D eigenvalue weighted by atomic mass is 9.49. The maximum Gasteiger partial charge on any atom is 0.364 e. The van der Waals surface area contributed by atoms with Crippen LogP contribution in [0.1, 0.15) is 44.9 Å². The summed E-state index contributed by atoms with van der Waals surface area (Å²) in [7, 11) is -6.25. The predicted octanol–water partition coefficient (Wildman–Crippen LogP) is 1.46. The van der Waals surface area contributed by atoms with Gasteiger partial charge in [-0.15, -0.1) is 0 Å². The molecule has 4 saturated carbocycles. The normalized spacial score (nSPS) is 44.1. The second-order valence-electron chi connectivity index (χ2n) is 11.5. The van der Waals surface area contributed by atoms with Gasteiger partial charge in [-0.3, -0.25) is 14.4 Å². The van der Waals surface area contributed by atoms with E-state index in [0.717, 1.165) is 38.5 Å². The molecule has 7 aliphatic rings. The number of alkyl halides is 3. The number of ether oxygens (including phenoxy) is 4. The van der Waals surface area contributed by atoms with Gasteiger partial charge in [0, 0.05) is 6.42 Å². The monoisotopic (exact) mass is 551 g/mol. The van der Waals surface area contributed by atoms with Crippen molar-refractivity contribution >= 4 is 28.0 Å². The van der Waals surface area contributed by atoms with Crippen LogP contribution in [0.5, 0.6) is 0 Å². The largest absolute Gasteiger partial charge is 0.743 e. The van der Waals surface area contributed by atoms with E-state index in [1.165, 1.54) is 0 Å². The van der Waals surface area contributed by atoms with Gasteiger partial charge in [0.2, 0.25) is 0 Å². The second-order valence-corrected chi connectivity index (χ2v) is 13.0. The van der Waals surface area contributed by atoms with Crippen molar-refractivity contribution < 1.29 is 59.5 Å². The number of hydrogen-bond acceptors (Lipinski definition) is 10. The topological polar surface area (TPSA) is 145 Å². The molecular formula is C23H26F3O10S-. The Kier molecular flexibility index (Phi) is 5.68. The zero-order chi connectivity index (χ0) is 26.5. The highest BCUT2D eigenvalue weighted by molar-refractivity contribution is 7.86. The Morgan fingerprint density at radius 1 is 1.08 bits per heavy atom. The van der Waals surface area contributed by atoms with E-state index in [9.17, 15) is 40.5 Å². The van der Waals surface area contributed by atoms with E-state index < -0.39 is 88.2 Å². The molecule has 0 aromatic heterocycles. The molecule has 7 atom stereocenters. The summed E-state index contributed by atoms with van der Waals surface area (Å²) in [5.74, 6) is -3.10. The zero-order valence-corrected chi connectivity index (χ0v) is 20.4. The third-order valence-electron chi connectivity index (χ3n) is 9.20. The Balaban J connectivity index is 1.12. The van der Waals surface area contributed by atoms with Crippen LogP contribution >= 0.6 is 0 Å². The molecule has 37 heavy (non-hydrogen) atoms. The van der Waals surface area contributed by atoms with E-state index in [1.54, 1.807) is 0 Å². The number of esters is 3. The average Bonchev–Trinajstić information content (AvgIpc) is 3.41. The smallest absolute Gasteiger partial charge is 0.364 e. The van der Waals surface area contributed by atoms with Crippen molar-refractivity contribution in [1.29, 1.82) is 0 Å². The van der Waals surface area contributed by atoms with Crippen LogP contribution in [0.15, 0.2) is 0 Å². The number of halogens is 3. The van der Waals surface area contributed by atoms with Crippen LogP contribution in [-0.4, -0.2) is 73.3 Å². The van der Waals surface area contributed by atoms with Gasteiger partial charge < -0.3 is 23.5 Å². The number of hydrogen-bond donors (Lipinski definition) is 0. The first kappa shape index (κ1) is 25.4. The van der Waals surface area contributed by atoms with E-state index in [4.69, 9.17) is 18.9 Å². The van der Waals surface area contributed by atoms with E-state index >= 15 is 0 Å². The Morgan fingerprint density at radius 3 is 2.24 bits per heavy atom. The average molecular weight is 552 g/mol. The Hall–Kier alpha value is -1.93. The molecule has 0 radical (unpaired) electrons. The summed E-state index contributed by atoms with van der Waals surface area (Å²) in [4.78, 5) is 38.7. The number of fused-ring (bicyclic) bond motifs is 1. The molecule has 3 saturated heterocycles. The van der Waals surface area contributed by atoms with Crippen molar-refractivity contribution in [2.24, 2.45) is 35.0 Å². The molecule has 10 nitrogen and oxygen atoms in total. The molecule has 14 heteroatoms. The third kappa shape index (κ3) is 3.80. The molecule has 3 aliphatic heterocycles. The van der Waals surface area contributed by atoms with E-state index in [-0.39, 0.29) is 5.97 Å². The Labute approximate surface area is 210 Å².